The van der Waals surface area contributed by atoms with Crippen molar-refractivity contribution in [3.8, 4) is 0 Å². The maximum absolute atomic E-state index is 15.6. The number of halogens is 22. The van der Waals surface area contributed by atoms with Crippen LogP contribution in [0.4, 0.5) is 102 Å². The molecule has 0 amide bonds. The van der Waals surface area contributed by atoms with Crippen LogP contribution in [0.25, 0.3) is 0 Å². The van der Waals surface area contributed by atoms with E-state index in [0.717, 1.165) is 5.69 Å². The lowest BCUT2D eigenvalue weighted by atomic mass is 9.12. The van der Waals surface area contributed by atoms with Crippen LogP contribution in [-0.2, 0) is 6.18 Å². The largest absolute Gasteiger partial charge is 0.422 e. The van der Waals surface area contributed by atoms with Gasteiger partial charge >= 0.3 is 6.18 Å². The summed E-state index contributed by atoms with van der Waals surface area (Å²) in [7, 11) is 0. The van der Waals surface area contributed by atoms with E-state index in [2.05, 4.69) is 25.6 Å². The van der Waals surface area contributed by atoms with Crippen molar-refractivity contribution in [2.45, 2.75) is 20.0 Å². The molecule has 0 aromatic heterocycles. The van der Waals surface area contributed by atoms with E-state index in [0.29, 0.717) is 0 Å². The molecule has 5 aromatic rings. The first-order valence-electron chi connectivity index (χ1n) is 14.7. The highest BCUT2D eigenvalue weighted by molar-refractivity contribution is 7.20. The molecule has 0 saturated heterocycles. The second kappa shape index (κ2) is 15.2. The summed E-state index contributed by atoms with van der Waals surface area (Å²) in [6.07, 6.45) is -14.1. The third-order valence-corrected chi connectivity index (χ3v) is 8.76. The molecule has 24 heteroatoms. The fourth-order valence-electron chi connectivity index (χ4n) is 5.96. The average molecular weight is 851 g/mol. The molecule has 3 N–H and O–H groups in total. The van der Waals surface area contributed by atoms with Gasteiger partial charge in [-0.2, -0.15) is 13.2 Å². The van der Waals surface area contributed by atoms with Gasteiger partial charge in [-0.1, -0.05) is 12.1 Å². The van der Waals surface area contributed by atoms with E-state index in [1.54, 1.807) is 0 Å². The molecule has 0 bridgehead atoms. The van der Waals surface area contributed by atoms with Crippen LogP contribution in [0.5, 0.6) is 0 Å². The zero-order chi connectivity index (χ0) is 43.7. The molecule has 306 valence electrons. The number of alkyl halides is 3. The van der Waals surface area contributed by atoms with Crippen LogP contribution in [0.2, 0.25) is 0 Å². The van der Waals surface area contributed by atoms with Crippen LogP contribution in [0.15, 0.2) is 18.2 Å². The fourth-order valence-corrected chi connectivity index (χ4v) is 5.96. The van der Waals surface area contributed by atoms with E-state index in [1.807, 2.05) is 12.1 Å². The van der Waals surface area contributed by atoms with E-state index in [-0.39, 0.29) is 0 Å². The summed E-state index contributed by atoms with van der Waals surface area (Å²) in [6, 6.07) is 6.16. The summed E-state index contributed by atoms with van der Waals surface area (Å²) in [5.41, 5.74) is -11.2. The predicted molar refractivity (Wildman–Crippen MR) is 153 cm³/mol. The SMILES string of the molecule is Cc1cccc([NH3+])c1C.Fc1c(F)c(F)c([B-](c2c(F)c(F)c(F)c(F)c2F)(c2c(F)c(F)c(F)c(F)c2F)c2c(F)c(F)c(C(F)(F)F)c(F)c2F)c(F)c1F. The molecule has 0 spiro atoms. The van der Waals surface area contributed by atoms with Gasteiger partial charge in [-0.3, -0.25) is 0 Å². The molecule has 0 aliphatic carbocycles. The van der Waals surface area contributed by atoms with Crippen molar-refractivity contribution in [1.29, 1.82) is 0 Å². The van der Waals surface area contributed by atoms with Crippen molar-refractivity contribution in [2.75, 3.05) is 0 Å². The highest BCUT2D eigenvalue weighted by Gasteiger charge is 2.53. The van der Waals surface area contributed by atoms with Gasteiger partial charge in [-0.25, -0.2) is 83.4 Å². The molecule has 0 heterocycles. The molecule has 0 saturated carbocycles. The van der Waals surface area contributed by atoms with Crippen LogP contribution in [0.3, 0.4) is 0 Å². The first kappa shape index (κ1) is 44.3. The Bertz CT molecular complexity index is 2190. The van der Waals surface area contributed by atoms with Crippen molar-refractivity contribution in [3.63, 3.8) is 0 Å². The van der Waals surface area contributed by atoms with Gasteiger partial charge in [0.15, 0.2) is 64.0 Å². The van der Waals surface area contributed by atoms with Gasteiger partial charge in [0, 0.05) is 5.56 Å². The molecule has 0 aliphatic heterocycles. The molecule has 0 aliphatic rings. The Morgan fingerprint density at radius 1 is 0.368 bits per heavy atom. The molecule has 5 aromatic carbocycles. The predicted octanol–water partition coefficient (Wildman–Crippen LogP) is 7.90. The third-order valence-electron chi connectivity index (χ3n) is 8.76. The van der Waals surface area contributed by atoms with Gasteiger partial charge in [0.2, 0.25) is 0 Å². The average Bonchev–Trinajstić information content (AvgIpc) is 3.14. The summed E-state index contributed by atoms with van der Waals surface area (Å²) >= 11 is 0. The quantitative estimate of drug-likeness (QED) is 0.0826. The monoisotopic (exact) mass is 851 g/mol. The van der Waals surface area contributed by atoms with Crippen LogP contribution in [-0.4, -0.2) is 6.15 Å². The van der Waals surface area contributed by atoms with E-state index in [9.17, 15) is 61.5 Å². The third kappa shape index (κ3) is 6.59. The number of hydrogen-bond acceptors (Lipinski definition) is 0. The van der Waals surface area contributed by atoms with Crippen LogP contribution in [0, 0.1) is 124 Å². The lowest BCUT2D eigenvalue weighted by Crippen LogP contribution is -2.81. The van der Waals surface area contributed by atoms with Crippen molar-refractivity contribution in [2.24, 2.45) is 0 Å². The van der Waals surface area contributed by atoms with E-state index in [1.165, 1.54) is 11.1 Å². The molecule has 0 fully saturated rings. The molecule has 57 heavy (non-hydrogen) atoms. The number of quaternary nitrogens is 1. The summed E-state index contributed by atoms with van der Waals surface area (Å²) in [5, 5.41) is 0. The number of rotatable bonds is 4. The maximum atomic E-state index is 15.6. The lowest BCUT2D eigenvalue weighted by Gasteiger charge is -2.45. The number of hydrogen-bond donors (Lipinski definition) is 1. The minimum absolute atomic E-state index is 1.13. The normalized spacial score (nSPS) is 11.9. The zero-order valence-corrected chi connectivity index (χ0v) is 27.3. The number of benzene rings is 5. The smallest absolute Gasteiger partial charge is 0.325 e. The summed E-state index contributed by atoms with van der Waals surface area (Å²) < 4.78 is 322. The second-order valence-electron chi connectivity index (χ2n) is 11.7. The highest BCUT2D eigenvalue weighted by Crippen LogP contribution is 2.37. The topological polar surface area (TPSA) is 27.6 Å². The summed E-state index contributed by atoms with van der Waals surface area (Å²) in [5.74, 6) is -71.3. The van der Waals surface area contributed by atoms with Gasteiger partial charge in [-0.15, -0.1) is 21.9 Å². The van der Waals surface area contributed by atoms with E-state index < -0.39 is 150 Å². The Morgan fingerprint density at radius 2 is 0.596 bits per heavy atom. The molecular formula is C33H12BF22N. The molecular weight excluding hydrogens is 839 g/mol. The van der Waals surface area contributed by atoms with Crippen LogP contribution in [0.1, 0.15) is 16.7 Å². The standard InChI is InChI=1S/C25BF22.C8H11N/c27-6-1(25(46,47)48)7(28)9(30)2(8(6)29)26(3-10(31)16(37)22(43)17(38)11(3)32,4-12(33)18(39)23(44)19(40)13(4)34)5-14(35)20(41)24(45)21(42)15(5)36;1-6-4-3-5-8(9)7(6)2/h;3-5H,9H2,1-2H3/q-1;/p+1. The second-order valence-corrected chi connectivity index (χ2v) is 11.7. The van der Waals surface area contributed by atoms with Crippen LogP contribution < -0.4 is 27.6 Å². The zero-order valence-electron chi connectivity index (χ0n) is 27.3. The van der Waals surface area contributed by atoms with Crippen molar-refractivity contribution >= 4 is 33.7 Å². The maximum Gasteiger partial charge on any atom is 0.422 e. The van der Waals surface area contributed by atoms with Gasteiger partial charge in [0.1, 0.15) is 63.9 Å². The molecule has 0 radical (unpaired) electrons. The molecule has 0 unspecified atom stereocenters. The van der Waals surface area contributed by atoms with Gasteiger partial charge in [0.05, 0.1) is 0 Å². The van der Waals surface area contributed by atoms with Gasteiger partial charge < -0.3 is 5.73 Å². The summed E-state index contributed by atoms with van der Waals surface area (Å²) in [4.78, 5) is 0. The molecule has 0 atom stereocenters. The first-order valence-corrected chi connectivity index (χ1v) is 14.7. The Morgan fingerprint density at radius 3 is 0.807 bits per heavy atom. The Balaban J connectivity index is 0.000000702. The van der Waals surface area contributed by atoms with Crippen molar-refractivity contribution < 1.29 is 102 Å². The van der Waals surface area contributed by atoms with Crippen LogP contribution >= 0.6 is 0 Å². The van der Waals surface area contributed by atoms with Crippen molar-refractivity contribution in [1.82, 2.24) is 0 Å². The Kier molecular flexibility index (Phi) is 11.8. The van der Waals surface area contributed by atoms with Gasteiger partial charge in [-0.05, 0) is 25.5 Å². The van der Waals surface area contributed by atoms with Gasteiger partial charge in [0.25, 0.3) is 0 Å². The van der Waals surface area contributed by atoms with Crippen molar-refractivity contribution in [3.05, 3.63) is 145 Å². The minimum Gasteiger partial charge on any atom is -0.325 e. The Hall–Kier alpha value is -5.42. The first-order chi connectivity index (χ1) is 26.1. The highest BCUT2D eigenvalue weighted by atomic mass is 19.4. The Labute approximate surface area is 301 Å². The fraction of sp³-hybridized carbons (Fsp3) is 0.0909. The summed E-state index contributed by atoms with van der Waals surface area (Å²) in [6.45, 7) is 4.20. The van der Waals surface area contributed by atoms with E-state index >= 15 is 35.1 Å². The minimum atomic E-state index is -7.46. The van der Waals surface area contributed by atoms with E-state index in [4.69, 9.17) is 0 Å². The number of aryl methyl sites for hydroxylation is 1. The lowest BCUT2D eigenvalue weighted by molar-refractivity contribution is -0.255. The molecule has 1 nitrogen and oxygen atoms in total. The molecule has 5 rings (SSSR count).